The first kappa shape index (κ1) is 12.2. The second kappa shape index (κ2) is 5.85. The molecule has 0 amide bonds. The van der Waals surface area contributed by atoms with E-state index in [1.165, 1.54) is 0 Å². The van der Waals surface area contributed by atoms with Crippen LogP contribution in [-0.2, 0) is 16.5 Å². The molecule has 1 unspecified atom stereocenters. The van der Waals surface area contributed by atoms with Crippen LogP contribution in [0.4, 0.5) is 0 Å². The average Bonchev–Trinajstić information content (AvgIpc) is 2.63. The van der Waals surface area contributed by atoms with Crippen LogP contribution < -0.4 is 5.73 Å². The predicted octanol–water partition coefficient (Wildman–Crippen LogP) is 0.819. The molecule has 0 spiro atoms. The van der Waals surface area contributed by atoms with E-state index in [2.05, 4.69) is 4.98 Å². The van der Waals surface area contributed by atoms with Gasteiger partial charge in [0.05, 0.1) is 0 Å². The van der Waals surface area contributed by atoms with Gasteiger partial charge in [-0.05, 0) is 13.8 Å². The maximum absolute atomic E-state index is 6.02. The van der Waals surface area contributed by atoms with Gasteiger partial charge in [-0.15, -0.1) is 0 Å². The standard InChI is InChI=1S/C10H19N3O2/c1-4-14-10(15-5-2)8(11)9-12-6-7-13(9)3/h6-8,10H,4-5,11H2,1-3H3. The number of aromatic nitrogens is 2. The van der Waals surface area contributed by atoms with E-state index in [-0.39, 0.29) is 6.04 Å². The number of rotatable bonds is 6. The van der Waals surface area contributed by atoms with E-state index >= 15 is 0 Å². The summed E-state index contributed by atoms with van der Waals surface area (Å²) in [5.74, 6) is 0.766. The van der Waals surface area contributed by atoms with Crippen LogP contribution in [0, 0.1) is 0 Å². The van der Waals surface area contributed by atoms with E-state index in [1.54, 1.807) is 6.20 Å². The number of ether oxygens (including phenoxy) is 2. The summed E-state index contributed by atoms with van der Waals surface area (Å²) in [6, 6.07) is -0.357. The van der Waals surface area contributed by atoms with Crippen molar-refractivity contribution in [3.05, 3.63) is 18.2 Å². The quantitative estimate of drug-likeness (QED) is 0.711. The van der Waals surface area contributed by atoms with Crippen LogP contribution in [0.5, 0.6) is 0 Å². The highest BCUT2D eigenvalue weighted by atomic mass is 16.7. The molecule has 1 aromatic heterocycles. The molecule has 0 aliphatic rings. The van der Waals surface area contributed by atoms with Crippen molar-refractivity contribution in [2.45, 2.75) is 26.2 Å². The zero-order chi connectivity index (χ0) is 11.3. The summed E-state index contributed by atoms with van der Waals surface area (Å²) in [7, 11) is 1.90. The van der Waals surface area contributed by atoms with Crippen molar-refractivity contribution in [1.82, 2.24) is 9.55 Å². The largest absolute Gasteiger partial charge is 0.351 e. The molecule has 1 heterocycles. The van der Waals surface area contributed by atoms with Crippen LogP contribution in [0.1, 0.15) is 25.7 Å². The molecule has 5 heteroatoms. The maximum atomic E-state index is 6.02. The second-order valence-electron chi connectivity index (χ2n) is 3.20. The van der Waals surface area contributed by atoms with Gasteiger partial charge >= 0.3 is 0 Å². The fourth-order valence-electron chi connectivity index (χ4n) is 1.40. The molecule has 0 aliphatic carbocycles. The first-order valence-corrected chi connectivity index (χ1v) is 5.16. The number of imidazole rings is 1. The second-order valence-corrected chi connectivity index (χ2v) is 3.20. The lowest BCUT2D eigenvalue weighted by molar-refractivity contribution is -0.150. The number of nitrogens with zero attached hydrogens (tertiary/aromatic N) is 2. The predicted molar refractivity (Wildman–Crippen MR) is 57.2 cm³/mol. The van der Waals surface area contributed by atoms with Gasteiger partial charge in [-0.2, -0.15) is 0 Å². The van der Waals surface area contributed by atoms with Crippen molar-refractivity contribution in [2.75, 3.05) is 13.2 Å². The van der Waals surface area contributed by atoms with Crippen LogP contribution in [0.25, 0.3) is 0 Å². The SMILES string of the molecule is CCOC(OCC)C(N)c1nccn1C. The summed E-state index contributed by atoms with van der Waals surface area (Å²) in [6.07, 6.45) is 3.13. The van der Waals surface area contributed by atoms with Crippen LogP contribution in [-0.4, -0.2) is 29.1 Å². The van der Waals surface area contributed by atoms with Gasteiger partial charge in [-0.3, -0.25) is 0 Å². The summed E-state index contributed by atoms with van der Waals surface area (Å²) >= 11 is 0. The molecular weight excluding hydrogens is 194 g/mol. The van der Waals surface area contributed by atoms with Gasteiger partial charge in [0, 0.05) is 32.7 Å². The van der Waals surface area contributed by atoms with Gasteiger partial charge in [-0.25, -0.2) is 4.98 Å². The minimum Gasteiger partial charge on any atom is -0.351 e. The monoisotopic (exact) mass is 213 g/mol. The minimum absolute atomic E-state index is 0.357. The van der Waals surface area contributed by atoms with Gasteiger partial charge in [0.2, 0.25) is 0 Å². The van der Waals surface area contributed by atoms with Gasteiger partial charge in [-0.1, -0.05) is 0 Å². The molecule has 0 bridgehead atoms. The summed E-state index contributed by atoms with van der Waals surface area (Å²) in [6.45, 7) is 4.97. The molecule has 2 N–H and O–H groups in total. The molecule has 86 valence electrons. The normalized spacial score (nSPS) is 13.4. The lowest BCUT2D eigenvalue weighted by atomic mass is 10.3. The van der Waals surface area contributed by atoms with Gasteiger partial charge in [0.15, 0.2) is 6.29 Å². The van der Waals surface area contributed by atoms with Crippen molar-refractivity contribution in [2.24, 2.45) is 12.8 Å². The molecule has 0 aromatic carbocycles. The molecule has 0 aliphatic heterocycles. The molecule has 0 saturated carbocycles. The molecule has 0 radical (unpaired) electrons. The molecule has 1 rings (SSSR count). The lowest BCUT2D eigenvalue weighted by Crippen LogP contribution is -2.33. The Morgan fingerprint density at radius 2 is 2.00 bits per heavy atom. The maximum Gasteiger partial charge on any atom is 0.179 e. The first-order chi connectivity index (χ1) is 7.20. The van der Waals surface area contributed by atoms with Gasteiger partial charge in [0.1, 0.15) is 11.9 Å². The van der Waals surface area contributed by atoms with E-state index in [0.29, 0.717) is 13.2 Å². The van der Waals surface area contributed by atoms with Gasteiger partial charge in [0.25, 0.3) is 0 Å². The Labute approximate surface area is 90.2 Å². The minimum atomic E-state index is -0.430. The van der Waals surface area contributed by atoms with Crippen LogP contribution in [0.2, 0.25) is 0 Å². The Balaban J connectivity index is 2.71. The van der Waals surface area contributed by atoms with Crippen molar-refractivity contribution >= 4 is 0 Å². The zero-order valence-corrected chi connectivity index (χ0v) is 9.51. The van der Waals surface area contributed by atoms with Crippen LogP contribution >= 0.6 is 0 Å². The Bertz CT molecular complexity index is 282. The van der Waals surface area contributed by atoms with Crippen molar-refractivity contribution in [3.63, 3.8) is 0 Å². The smallest absolute Gasteiger partial charge is 0.179 e. The third kappa shape index (κ3) is 3.02. The van der Waals surface area contributed by atoms with E-state index in [4.69, 9.17) is 15.2 Å². The summed E-state index contributed by atoms with van der Waals surface area (Å²) in [4.78, 5) is 4.18. The number of nitrogens with two attached hydrogens (primary N) is 1. The number of aryl methyl sites for hydroxylation is 1. The third-order valence-corrected chi connectivity index (χ3v) is 2.11. The molecule has 15 heavy (non-hydrogen) atoms. The van der Waals surface area contributed by atoms with Crippen molar-refractivity contribution < 1.29 is 9.47 Å². The van der Waals surface area contributed by atoms with E-state index in [0.717, 1.165) is 5.82 Å². The molecule has 5 nitrogen and oxygen atoms in total. The van der Waals surface area contributed by atoms with Crippen molar-refractivity contribution in [1.29, 1.82) is 0 Å². The summed E-state index contributed by atoms with van der Waals surface area (Å²) in [5.41, 5.74) is 6.02. The highest BCUT2D eigenvalue weighted by Gasteiger charge is 2.23. The molecule has 1 atom stereocenters. The van der Waals surface area contributed by atoms with E-state index in [1.807, 2.05) is 31.7 Å². The fourth-order valence-corrected chi connectivity index (χ4v) is 1.40. The Kier molecular flexibility index (Phi) is 4.74. The average molecular weight is 213 g/mol. The van der Waals surface area contributed by atoms with E-state index in [9.17, 15) is 0 Å². The van der Waals surface area contributed by atoms with Crippen LogP contribution in [0.3, 0.4) is 0 Å². The third-order valence-electron chi connectivity index (χ3n) is 2.11. The van der Waals surface area contributed by atoms with Gasteiger partial charge < -0.3 is 19.8 Å². The topological polar surface area (TPSA) is 62.3 Å². The number of hydrogen-bond acceptors (Lipinski definition) is 4. The highest BCUT2D eigenvalue weighted by Crippen LogP contribution is 2.15. The lowest BCUT2D eigenvalue weighted by Gasteiger charge is -2.22. The summed E-state index contributed by atoms with van der Waals surface area (Å²) < 4.78 is 12.7. The summed E-state index contributed by atoms with van der Waals surface area (Å²) in [5, 5.41) is 0. The Morgan fingerprint density at radius 3 is 2.40 bits per heavy atom. The molecular formula is C10H19N3O2. The van der Waals surface area contributed by atoms with Crippen LogP contribution in [0.15, 0.2) is 12.4 Å². The van der Waals surface area contributed by atoms with E-state index < -0.39 is 6.29 Å². The number of hydrogen-bond donors (Lipinski definition) is 1. The zero-order valence-electron chi connectivity index (χ0n) is 9.51. The fraction of sp³-hybridized carbons (Fsp3) is 0.700. The Hall–Kier alpha value is -0.910. The molecule has 0 saturated heterocycles. The highest BCUT2D eigenvalue weighted by molar-refractivity contribution is 4.98. The van der Waals surface area contributed by atoms with Crippen molar-refractivity contribution in [3.8, 4) is 0 Å². The molecule has 0 fully saturated rings. The Morgan fingerprint density at radius 1 is 1.40 bits per heavy atom. The molecule has 1 aromatic rings. The first-order valence-electron chi connectivity index (χ1n) is 5.16.